The molecule has 0 radical (unpaired) electrons. The minimum atomic E-state index is -1.34. The second-order valence-electron chi connectivity index (χ2n) is 8.23. The van der Waals surface area contributed by atoms with Crippen molar-refractivity contribution in [3.63, 3.8) is 0 Å². The number of carbonyl (C=O) groups excluding carboxylic acids is 4. The predicted octanol–water partition coefficient (Wildman–Crippen LogP) is -1.95. The van der Waals surface area contributed by atoms with Gasteiger partial charge in [-0.1, -0.05) is 20.3 Å². The van der Waals surface area contributed by atoms with Crippen LogP contribution in [0.4, 0.5) is 0 Å². The molecule has 1 aliphatic heterocycles. The average molecular weight is 458 g/mol. The first-order valence-electron chi connectivity index (χ1n) is 10.8. The first-order chi connectivity index (χ1) is 14.9. The Morgan fingerprint density at radius 2 is 1.78 bits per heavy atom. The van der Waals surface area contributed by atoms with Crippen molar-refractivity contribution in [2.75, 3.05) is 6.54 Å². The quantitative estimate of drug-likeness (QED) is 0.194. The number of primary amides is 1. The summed E-state index contributed by atoms with van der Waals surface area (Å²) in [6.07, 6.45) is -0.0451. The van der Waals surface area contributed by atoms with E-state index in [0.29, 0.717) is 25.8 Å². The summed E-state index contributed by atoms with van der Waals surface area (Å²) in [6, 6.07) is -4.41. The van der Waals surface area contributed by atoms with Crippen molar-refractivity contribution in [3.8, 4) is 0 Å². The predicted molar refractivity (Wildman–Crippen MR) is 114 cm³/mol. The lowest BCUT2D eigenvalue weighted by Crippen LogP contribution is -2.59. The number of carboxylic acids is 1. The monoisotopic (exact) mass is 457 g/mol. The highest BCUT2D eigenvalue weighted by atomic mass is 16.4. The van der Waals surface area contributed by atoms with Crippen molar-refractivity contribution >= 4 is 29.6 Å². The molecular weight excluding hydrogens is 422 g/mol. The number of amides is 4. The molecule has 0 aromatic rings. The van der Waals surface area contributed by atoms with Crippen molar-refractivity contribution in [1.82, 2.24) is 15.5 Å². The van der Waals surface area contributed by atoms with Crippen LogP contribution in [0.5, 0.6) is 0 Å². The van der Waals surface area contributed by atoms with Gasteiger partial charge in [-0.3, -0.25) is 19.2 Å². The minimum Gasteiger partial charge on any atom is -0.480 e. The number of carbonyl (C=O) groups is 5. The van der Waals surface area contributed by atoms with Gasteiger partial charge in [-0.25, -0.2) is 4.79 Å². The number of carboxylic acid groups (broad SMARTS) is 1. The third-order valence-corrected chi connectivity index (χ3v) is 5.73. The molecule has 8 N–H and O–H groups in total. The van der Waals surface area contributed by atoms with Crippen LogP contribution in [0.15, 0.2) is 0 Å². The number of aliphatic hydroxyl groups is 1. The van der Waals surface area contributed by atoms with Crippen LogP contribution in [-0.4, -0.2) is 81.5 Å². The van der Waals surface area contributed by atoms with E-state index in [9.17, 15) is 34.2 Å². The number of aliphatic carboxylic acids is 1. The van der Waals surface area contributed by atoms with Gasteiger partial charge in [0.2, 0.25) is 23.6 Å². The maximum Gasteiger partial charge on any atom is 0.326 e. The summed E-state index contributed by atoms with van der Waals surface area (Å²) in [5.74, 6) is -4.18. The molecule has 0 aliphatic carbocycles. The molecule has 32 heavy (non-hydrogen) atoms. The Morgan fingerprint density at radius 1 is 1.16 bits per heavy atom. The van der Waals surface area contributed by atoms with E-state index in [1.807, 2.05) is 6.92 Å². The zero-order valence-corrected chi connectivity index (χ0v) is 18.7. The van der Waals surface area contributed by atoms with Crippen molar-refractivity contribution in [2.45, 2.75) is 83.1 Å². The van der Waals surface area contributed by atoms with E-state index < -0.39 is 59.9 Å². The highest BCUT2D eigenvalue weighted by molar-refractivity contribution is 5.94. The first kappa shape index (κ1) is 27.3. The number of nitrogens with one attached hydrogen (secondary N) is 2. The van der Waals surface area contributed by atoms with E-state index in [4.69, 9.17) is 11.5 Å². The Bertz CT molecular complexity index is 714. The van der Waals surface area contributed by atoms with Crippen LogP contribution >= 0.6 is 0 Å². The van der Waals surface area contributed by atoms with Gasteiger partial charge in [0.25, 0.3) is 0 Å². The number of likely N-dealkylation sites (tertiary alicyclic amines) is 1. The molecule has 1 aliphatic rings. The van der Waals surface area contributed by atoms with E-state index >= 15 is 0 Å². The molecule has 1 fully saturated rings. The third kappa shape index (κ3) is 7.45. The molecule has 1 heterocycles. The van der Waals surface area contributed by atoms with Gasteiger partial charge in [0.1, 0.15) is 24.2 Å². The summed E-state index contributed by atoms with van der Waals surface area (Å²) in [5, 5.41) is 23.9. The molecule has 12 nitrogen and oxygen atoms in total. The lowest BCUT2D eigenvalue weighted by Gasteiger charge is -2.30. The second-order valence-corrected chi connectivity index (χ2v) is 8.23. The molecule has 1 rings (SSSR count). The standard InChI is InChI=1S/C20H35N5O7/c1-4-10(2)16(18(29)23-12(20(31)32)7-8-14(21)27)24-17(28)13-6-5-9-25(13)19(30)15(22)11(3)26/h10-13,15-16,26H,4-9,22H2,1-3H3,(H2,21,27)(H,23,29)(H,24,28)(H,31,32). The van der Waals surface area contributed by atoms with Gasteiger partial charge in [-0.05, 0) is 32.1 Å². The number of rotatable bonds is 12. The summed E-state index contributed by atoms with van der Waals surface area (Å²) in [6.45, 7) is 5.22. The SMILES string of the molecule is CCC(C)C(NC(=O)C1CCCN1C(=O)C(N)C(C)O)C(=O)NC(CCC(N)=O)C(=O)O. The Balaban J connectivity index is 2.94. The van der Waals surface area contributed by atoms with Crippen LogP contribution in [0.3, 0.4) is 0 Å². The van der Waals surface area contributed by atoms with Gasteiger partial charge in [-0.15, -0.1) is 0 Å². The van der Waals surface area contributed by atoms with Gasteiger partial charge < -0.3 is 37.2 Å². The van der Waals surface area contributed by atoms with Gasteiger partial charge >= 0.3 is 5.97 Å². The van der Waals surface area contributed by atoms with Crippen molar-refractivity contribution in [3.05, 3.63) is 0 Å². The van der Waals surface area contributed by atoms with E-state index in [0.717, 1.165) is 0 Å². The maximum atomic E-state index is 13.0. The van der Waals surface area contributed by atoms with Crippen LogP contribution < -0.4 is 22.1 Å². The number of nitrogens with two attached hydrogens (primary N) is 2. The summed E-state index contributed by atoms with van der Waals surface area (Å²) in [4.78, 5) is 62.0. The number of aliphatic hydroxyl groups excluding tert-OH is 1. The van der Waals surface area contributed by atoms with Crippen LogP contribution in [0.25, 0.3) is 0 Å². The number of nitrogens with zero attached hydrogens (tertiary/aromatic N) is 1. The average Bonchev–Trinajstić information content (AvgIpc) is 3.22. The summed E-state index contributed by atoms with van der Waals surface area (Å²) in [7, 11) is 0. The van der Waals surface area contributed by atoms with E-state index in [1.165, 1.54) is 11.8 Å². The first-order valence-corrected chi connectivity index (χ1v) is 10.8. The Labute approximate surface area is 187 Å². The number of hydrogen-bond acceptors (Lipinski definition) is 7. The van der Waals surface area contributed by atoms with Gasteiger partial charge in [0, 0.05) is 13.0 Å². The van der Waals surface area contributed by atoms with Gasteiger partial charge in [0.05, 0.1) is 6.10 Å². The third-order valence-electron chi connectivity index (χ3n) is 5.73. The zero-order chi connectivity index (χ0) is 24.6. The molecule has 1 saturated heterocycles. The van der Waals surface area contributed by atoms with E-state index in [-0.39, 0.29) is 18.8 Å². The van der Waals surface area contributed by atoms with Crippen LogP contribution in [-0.2, 0) is 24.0 Å². The molecule has 0 aromatic heterocycles. The highest BCUT2D eigenvalue weighted by Gasteiger charge is 2.39. The largest absolute Gasteiger partial charge is 0.480 e. The van der Waals surface area contributed by atoms with Gasteiger partial charge in [0.15, 0.2) is 0 Å². The van der Waals surface area contributed by atoms with E-state index in [1.54, 1.807) is 6.92 Å². The molecule has 0 aromatic carbocycles. The fraction of sp³-hybridized carbons (Fsp3) is 0.750. The number of hydrogen-bond donors (Lipinski definition) is 6. The summed E-state index contributed by atoms with van der Waals surface area (Å²) < 4.78 is 0. The highest BCUT2D eigenvalue weighted by Crippen LogP contribution is 2.20. The minimum absolute atomic E-state index is 0.181. The van der Waals surface area contributed by atoms with Crippen LogP contribution in [0, 0.1) is 5.92 Å². The smallest absolute Gasteiger partial charge is 0.326 e. The molecule has 0 spiro atoms. The zero-order valence-electron chi connectivity index (χ0n) is 18.7. The molecule has 0 saturated carbocycles. The summed E-state index contributed by atoms with van der Waals surface area (Å²) >= 11 is 0. The fourth-order valence-corrected chi connectivity index (χ4v) is 3.46. The van der Waals surface area contributed by atoms with Crippen LogP contribution in [0.1, 0.15) is 52.9 Å². The fourth-order valence-electron chi connectivity index (χ4n) is 3.46. The van der Waals surface area contributed by atoms with Crippen LogP contribution in [0.2, 0.25) is 0 Å². The molecule has 6 atom stereocenters. The maximum absolute atomic E-state index is 13.0. The summed E-state index contributed by atoms with van der Waals surface area (Å²) in [5.41, 5.74) is 10.8. The molecular formula is C20H35N5O7. The molecule has 182 valence electrons. The van der Waals surface area contributed by atoms with E-state index in [2.05, 4.69) is 10.6 Å². The lowest BCUT2D eigenvalue weighted by molar-refractivity contribution is -0.144. The topological polar surface area (TPSA) is 205 Å². The Hall–Kier alpha value is -2.73. The second kappa shape index (κ2) is 12.3. The lowest BCUT2D eigenvalue weighted by atomic mass is 9.97. The molecule has 6 unspecified atom stereocenters. The Kier molecular flexibility index (Phi) is 10.5. The van der Waals surface area contributed by atoms with Crippen molar-refractivity contribution < 1.29 is 34.2 Å². The normalized spacial score (nSPS) is 20.5. The molecule has 12 heteroatoms. The van der Waals surface area contributed by atoms with Gasteiger partial charge in [-0.2, -0.15) is 0 Å². The van der Waals surface area contributed by atoms with Crippen molar-refractivity contribution in [1.29, 1.82) is 0 Å². The van der Waals surface area contributed by atoms with Crippen molar-refractivity contribution in [2.24, 2.45) is 17.4 Å². The Morgan fingerprint density at radius 3 is 2.28 bits per heavy atom. The molecule has 4 amide bonds. The molecule has 0 bridgehead atoms.